The van der Waals surface area contributed by atoms with E-state index in [1.54, 1.807) is 6.20 Å². The van der Waals surface area contributed by atoms with Crippen molar-refractivity contribution in [2.45, 2.75) is 12.2 Å². The molecule has 0 aliphatic heterocycles. The second-order valence-corrected chi connectivity index (χ2v) is 6.36. The van der Waals surface area contributed by atoms with E-state index in [1.807, 2.05) is 16.7 Å². The molecule has 0 unspecified atom stereocenters. The van der Waals surface area contributed by atoms with E-state index in [2.05, 4.69) is 47.4 Å². The molecule has 1 aromatic carbocycles. The Morgan fingerprint density at radius 2 is 2.06 bits per heavy atom. The quantitative estimate of drug-likeness (QED) is 0.688. The summed E-state index contributed by atoms with van der Waals surface area (Å²) in [6.45, 7) is 2.12. The average Bonchev–Trinajstić information content (AvgIpc) is 2.81. The Morgan fingerprint density at radius 3 is 2.83 bits per heavy atom. The molecule has 0 aliphatic carbocycles. The molecule has 4 heteroatoms. The van der Waals surface area contributed by atoms with Crippen LogP contribution in [0.2, 0.25) is 0 Å². The molecule has 0 amide bonds. The molecule has 0 saturated carbocycles. The zero-order chi connectivity index (χ0) is 12.4. The molecule has 3 nitrogen and oxygen atoms in total. The van der Waals surface area contributed by atoms with Crippen LogP contribution >= 0.6 is 0 Å². The van der Waals surface area contributed by atoms with E-state index in [1.165, 1.54) is 10.0 Å². The molecule has 0 spiro atoms. The Balaban J connectivity index is 1.74. The predicted molar refractivity (Wildman–Crippen MR) is 73.3 cm³/mol. The molecular formula is C14H13N3Se. The number of benzene rings is 1. The molecule has 0 N–H and O–H groups in total. The van der Waals surface area contributed by atoms with Gasteiger partial charge in [-0.25, -0.2) is 0 Å². The third-order valence-electron chi connectivity index (χ3n) is 2.69. The van der Waals surface area contributed by atoms with E-state index in [0.717, 1.165) is 16.8 Å². The van der Waals surface area contributed by atoms with Gasteiger partial charge in [-0.3, -0.25) is 0 Å². The number of aryl methyl sites for hydroxylation is 1. The first-order valence-electron chi connectivity index (χ1n) is 5.79. The monoisotopic (exact) mass is 303 g/mol. The van der Waals surface area contributed by atoms with E-state index in [-0.39, 0.29) is 0 Å². The Kier molecular flexibility index (Phi) is 3.13. The number of hydrogen-bond donors (Lipinski definition) is 0. The van der Waals surface area contributed by atoms with Gasteiger partial charge in [0, 0.05) is 0 Å². The summed E-state index contributed by atoms with van der Waals surface area (Å²) < 4.78 is 3.39. The zero-order valence-corrected chi connectivity index (χ0v) is 11.8. The Labute approximate surface area is 112 Å². The van der Waals surface area contributed by atoms with Gasteiger partial charge in [-0.15, -0.1) is 0 Å². The van der Waals surface area contributed by atoms with Crippen molar-refractivity contribution in [1.29, 1.82) is 0 Å². The molecule has 2 aromatic heterocycles. The van der Waals surface area contributed by atoms with Crippen molar-refractivity contribution in [3.05, 3.63) is 60.2 Å². The van der Waals surface area contributed by atoms with Gasteiger partial charge in [-0.05, 0) is 0 Å². The van der Waals surface area contributed by atoms with Crippen LogP contribution in [0, 0.1) is 6.92 Å². The van der Waals surface area contributed by atoms with Crippen molar-refractivity contribution in [1.82, 2.24) is 14.4 Å². The summed E-state index contributed by atoms with van der Waals surface area (Å²) in [5, 5.41) is 1.01. The zero-order valence-electron chi connectivity index (χ0n) is 10.1. The van der Waals surface area contributed by atoms with Gasteiger partial charge in [0.15, 0.2) is 0 Å². The third-order valence-corrected chi connectivity index (χ3v) is 4.89. The van der Waals surface area contributed by atoms with Gasteiger partial charge in [0.25, 0.3) is 0 Å². The maximum atomic E-state index is 4.51. The molecular weight excluding hydrogens is 289 g/mol. The summed E-state index contributed by atoms with van der Waals surface area (Å²) in [5.74, 6) is 0.784. The Bertz CT molecular complexity index is 625. The molecule has 0 aliphatic rings. The van der Waals surface area contributed by atoms with Crippen LogP contribution in [0.5, 0.6) is 0 Å². The summed E-state index contributed by atoms with van der Waals surface area (Å²) >= 11 is 0.436. The van der Waals surface area contributed by atoms with E-state index in [0.29, 0.717) is 15.0 Å². The third kappa shape index (κ3) is 2.45. The molecule has 3 aromatic rings. The molecule has 0 atom stereocenters. The summed E-state index contributed by atoms with van der Waals surface area (Å²) in [6, 6.07) is 10.7. The summed E-state index contributed by atoms with van der Waals surface area (Å²) in [7, 11) is 0. The van der Waals surface area contributed by atoms with Crippen molar-refractivity contribution in [3.63, 3.8) is 0 Å². The fraction of sp³-hybridized carbons (Fsp3) is 0.143. The summed E-state index contributed by atoms with van der Waals surface area (Å²) in [5.41, 5.74) is 2.43. The summed E-state index contributed by atoms with van der Waals surface area (Å²) in [6.07, 6.45) is 5.83. The van der Waals surface area contributed by atoms with Crippen LogP contribution in [0.15, 0.2) is 48.9 Å². The molecule has 0 fully saturated rings. The minimum atomic E-state index is 0.436. The number of imidazole rings is 1. The first-order valence-corrected chi connectivity index (χ1v) is 7.86. The van der Waals surface area contributed by atoms with Crippen LogP contribution in [0.4, 0.5) is 0 Å². The molecule has 2 heterocycles. The van der Waals surface area contributed by atoms with E-state index in [4.69, 9.17) is 0 Å². The van der Waals surface area contributed by atoms with Crippen molar-refractivity contribution in [2.24, 2.45) is 0 Å². The molecule has 0 saturated heterocycles. The van der Waals surface area contributed by atoms with Gasteiger partial charge < -0.3 is 0 Å². The SMILES string of the molecule is Cc1ccc([Se]Cc2cn3cccnc3n2)cc1. The van der Waals surface area contributed by atoms with Crippen molar-refractivity contribution >= 4 is 25.2 Å². The van der Waals surface area contributed by atoms with Gasteiger partial charge in [-0.1, -0.05) is 0 Å². The first kappa shape index (κ1) is 11.4. The van der Waals surface area contributed by atoms with Gasteiger partial charge in [0.2, 0.25) is 0 Å². The molecule has 0 bridgehead atoms. The second-order valence-electron chi connectivity index (χ2n) is 4.16. The van der Waals surface area contributed by atoms with Crippen LogP contribution in [-0.2, 0) is 5.32 Å². The van der Waals surface area contributed by atoms with Crippen LogP contribution < -0.4 is 4.46 Å². The van der Waals surface area contributed by atoms with Crippen LogP contribution in [0.3, 0.4) is 0 Å². The Morgan fingerprint density at radius 1 is 1.22 bits per heavy atom. The fourth-order valence-corrected chi connectivity index (χ4v) is 3.38. The van der Waals surface area contributed by atoms with Gasteiger partial charge in [0.05, 0.1) is 0 Å². The fourth-order valence-electron chi connectivity index (χ4n) is 1.74. The normalized spacial score (nSPS) is 10.9. The average molecular weight is 302 g/mol. The number of aromatic nitrogens is 3. The van der Waals surface area contributed by atoms with Crippen LogP contribution in [-0.4, -0.2) is 29.3 Å². The van der Waals surface area contributed by atoms with Crippen molar-refractivity contribution in [2.75, 3.05) is 0 Å². The van der Waals surface area contributed by atoms with Gasteiger partial charge in [0.1, 0.15) is 0 Å². The number of nitrogens with zero attached hydrogens (tertiary/aromatic N) is 3. The van der Waals surface area contributed by atoms with E-state index < -0.39 is 0 Å². The topological polar surface area (TPSA) is 30.2 Å². The summed E-state index contributed by atoms with van der Waals surface area (Å²) in [4.78, 5) is 8.74. The van der Waals surface area contributed by atoms with Crippen LogP contribution in [0.1, 0.15) is 11.3 Å². The van der Waals surface area contributed by atoms with Gasteiger partial charge >= 0.3 is 112 Å². The maximum absolute atomic E-state index is 4.51. The van der Waals surface area contributed by atoms with Gasteiger partial charge in [-0.2, -0.15) is 0 Å². The standard InChI is InChI=1S/C14H13N3Se/c1-11-3-5-13(6-4-11)18-10-12-9-17-8-2-7-15-14(17)16-12/h2-9H,10H2,1H3. The van der Waals surface area contributed by atoms with E-state index in [9.17, 15) is 0 Å². The number of rotatable bonds is 3. The Hall–Kier alpha value is -1.64. The van der Waals surface area contributed by atoms with E-state index >= 15 is 0 Å². The first-order chi connectivity index (χ1) is 8.81. The molecule has 18 heavy (non-hydrogen) atoms. The molecule has 90 valence electrons. The van der Waals surface area contributed by atoms with Crippen molar-refractivity contribution in [3.8, 4) is 0 Å². The molecule has 0 radical (unpaired) electrons. The number of hydrogen-bond acceptors (Lipinski definition) is 2. The number of fused-ring (bicyclic) bond motifs is 1. The molecule has 3 rings (SSSR count). The minimum absolute atomic E-state index is 0.436. The van der Waals surface area contributed by atoms with Crippen LogP contribution in [0.25, 0.3) is 5.78 Å². The van der Waals surface area contributed by atoms with Crippen molar-refractivity contribution < 1.29 is 0 Å². The predicted octanol–water partition coefficient (Wildman–Crippen LogP) is 1.57. The second kappa shape index (κ2) is 4.92.